The molecule has 110 valence electrons. The van der Waals surface area contributed by atoms with Gasteiger partial charge in [-0.05, 0) is 30.2 Å². The lowest BCUT2D eigenvalue weighted by Gasteiger charge is -2.06. The fourth-order valence-electron chi connectivity index (χ4n) is 2.88. The fraction of sp³-hybridized carbons (Fsp3) is 0.0455. The van der Waals surface area contributed by atoms with Gasteiger partial charge in [0.2, 0.25) is 0 Å². The van der Waals surface area contributed by atoms with Crippen molar-refractivity contribution in [3.63, 3.8) is 0 Å². The third-order valence-electron chi connectivity index (χ3n) is 4.13. The van der Waals surface area contributed by atoms with Crippen LogP contribution in [0.5, 0.6) is 0 Å². The van der Waals surface area contributed by atoms with Gasteiger partial charge in [0.1, 0.15) is 0 Å². The van der Waals surface area contributed by atoms with Crippen LogP contribution in [0.3, 0.4) is 0 Å². The number of aryl methyl sites for hydroxylation is 1. The van der Waals surface area contributed by atoms with Gasteiger partial charge in [0.25, 0.3) is 0 Å². The zero-order valence-corrected chi connectivity index (χ0v) is 13.0. The highest BCUT2D eigenvalue weighted by Gasteiger charge is 2.03. The van der Waals surface area contributed by atoms with Crippen molar-refractivity contribution in [3.05, 3.63) is 90.5 Å². The Morgan fingerprint density at radius 1 is 0.609 bits per heavy atom. The molecule has 4 rings (SSSR count). The smallest absolute Gasteiger partial charge is 0.0709 e. The largest absolute Gasteiger partial charge is 0.248 e. The van der Waals surface area contributed by atoms with Crippen LogP contribution in [0.1, 0.15) is 5.56 Å². The number of pyridine rings is 1. The lowest BCUT2D eigenvalue weighted by Crippen LogP contribution is -1.86. The summed E-state index contributed by atoms with van der Waals surface area (Å²) in [7, 11) is 0. The molecule has 4 aromatic rings. The summed E-state index contributed by atoms with van der Waals surface area (Å²) in [6.07, 6.45) is 0. The molecule has 1 heteroatoms. The van der Waals surface area contributed by atoms with E-state index in [-0.39, 0.29) is 0 Å². The van der Waals surface area contributed by atoms with E-state index in [0.717, 1.165) is 16.8 Å². The van der Waals surface area contributed by atoms with Crippen LogP contribution in [0.15, 0.2) is 84.9 Å². The molecule has 0 atom stereocenters. The number of rotatable bonds is 2. The van der Waals surface area contributed by atoms with Crippen molar-refractivity contribution < 1.29 is 0 Å². The lowest BCUT2D eigenvalue weighted by atomic mass is 10.0. The van der Waals surface area contributed by atoms with Gasteiger partial charge in [-0.1, -0.05) is 78.4 Å². The molecule has 0 N–H and O–H groups in total. The minimum Gasteiger partial charge on any atom is -0.248 e. The zero-order chi connectivity index (χ0) is 15.6. The van der Waals surface area contributed by atoms with Crippen molar-refractivity contribution in [3.8, 4) is 22.4 Å². The second-order valence-electron chi connectivity index (χ2n) is 5.84. The summed E-state index contributed by atoms with van der Waals surface area (Å²) in [5, 5.41) is 1.17. The van der Waals surface area contributed by atoms with Gasteiger partial charge in [-0.3, -0.25) is 0 Å². The minimum absolute atomic E-state index is 1.01. The van der Waals surface area contributed by atoms with Crippen LogP contribution >= 0.6 is 0 Å². The first-order chi connectivity index (χ1) is 11.3. The van der Waals surface area contributed by atoms with Crippen LogP contribution in [0.4, 0.5) is 0 Å². The first kappa shape index (κ1) is 13.7. The van der Waals surface area contributed by atoms with Gasteiger partial charge in [-0.25, -0.2) is 4.98 Å². The average Bonchev–Trinajstić information content (AvgIpc) is 2.61. The number of hydrogen-bond acceptors (Lipinski definition) is 1. The Kier molecular flexibility index (Phi) is 3.39. The standard InChI is InChI=1S/C22H17N/c1-16-5-4-7-20(15-16)17-9-11-19(12-10-17)22-14-13-18-6-2-3-8-21(18)23-22/h2-15H,1H3. The van der Waals surface area contributed by atoms with Crippen molar-refractivity contribution in [1.29, 1.82) is 0 Å². The summed E-state index contributed by atoms with van der Waals surface area (Å²) in [5.74, 6) is 0. The highest BCUT2D eigenvalue weighted by atomic mass is 14.7. The first-order valence-electron chi connectivity index (χ1n) is 7.83. The molecular formula is C22H17N. The molecule has 1 nitrogen and oxygen atoms in total. The molecule has 0 aliphatic carbocycles. The van der Waals surface area contributed by atoms with E-state index in [9.17, 15) is 0 Å². The first-order valence-corrected chi connectivity index (χ1v) is 7.83. The molecular weight excluding hydrogens is 278 g/mol. The van der Waals surface area contributed by atoms with Crippen LogP contribution in [-0.4, -0.2) is 4.98 Å². The van der Waals surface area contributed by atoms with Gasteiger partial charge >= 0.3 is 0 Å². The molecule has 0 radical (unpaired) electrons. The molecule has 0 aliphatic heterocycles. The predicted molar refractivity (Wildman–Crippen MR) is 97.4 cm³/mol. The van der Waals surface area contributed by atoms with E-state index in [1.807, 2.05) is 12.1 Å². The highest BCUT2D eigenvalue weighted by molar-refractivity contribution is 5.81. The Morgan fingerprint density at radius 3 is 2.22 bits per heavy atom. The number of para-hydroxylation sites is 1. The van der Waals surface area contributed by atoms with Crippen molar-refractivity contribution in [2.75, 3.05) is 0 Å². The molecule has 0 amide bonds. The minimum atomic E-state index is 1.01. The summed E-state index contributed by atoms with van der Waals surface area (Å²) in [6.45, 7) is 2.12. The summed E-state index contributed by atoms with van der Waals surface area (Å²) < 4.78 is 0. The highest BCUT2D eigenvalue weighted by Crippen LogP contribution is 2.25. The zero-order valence-electron chi connectivity index (χ0n) is 13.0. The SMILES string of the molecule is Cc1cccc(-c2ccc(-c3ccc4ccccc4n3)cc2)c1. The Balaban J connectivity index is 1.72. The summed E-state index contributed by atoms with van der Waals surface area (Å²) in [5.41, 5.74) is 6.96. The number of aromatic nitrogens is 1. The number of fused-ring (bicyclic) bond motifs is 1. The van der Waals surface area contributed by atoms with Crippen molar-refractivity contribution in [1.82, 2.24) is 4.98 Å². The topological polar surface area (TPSA) is 12.9 Å². The maximum absolute atomic E-state index is 4.76. The van der Waals surface area contributed by atoms with Crippen LogP contribution in [-0.2, 0) is 0 Å². The van der Waals surface area contributed by atoms with E-state index in [2.05, 4.69) is 79.7 Å². The van der Waals surface area contributed by atoms with Crippen molar-refractivity contribution >= 4 is 10.9 Å². The molecule has 3 aromatic carbocycles. The molecule has 1 heterocycles. The maximum atomic E-state index is 4.76. The number of nitrogens with zero attached hydrogens (tertiary/aromatic N) is 1. The van der Waals surface area contributed by atoms with Gasteiger partial charge in [0.15, 0.2) is 0 Å². The molecule has 23 heavy (non-hydrogen) atoms. The van der Waals surface area contributed by atoms with Crippen LogP contribution in [0.2, 0.25) is 0 Å². The summed E-state index contributed by atoms with van der Waals surface area (Å²) in [4.78, 5) is 4.76. The van der Waals surface area contributed by atoms with E-state index in [1.165, 1.54) is 22.1 Å². The quantitative estimate of drug-likeness (QED) is 0.450. The summed E-state index contributed by atoms with van der Waals surface area (Å²) >= 11 is 0. The molecule has 0 unspecified atom stereocenters. The molecule has 0 saturated heterocycles. The average molecular weight is 295 g/mol. The molecule has 0 saturated carbocycles. The fourth-order valence-corrected chi connectivity index (χ4v) is 2.88. The molecule has 0 aliphatic rings. The maximum Gasteiger partial charge on any atom is 0.0709 e. The van der Waals surface area contributed by atoms with Crippen LogP contribution < -0.4 is 0 Å². The van der Waals surface area contributed by atoms with Gasteiger partial charge in [-0.2, -0.15) is 0 Å². The molecule has 0 fully saturated rings. The Bertz CT molecular complexity index is 968. The normalized spacial score (nSPS) is 10.8. The van der Waals surface area contributed by atoms with Crippen LogP contribution in [0, 0.1) is 6.92 Å². The predicted octanol–water partition coefficient (Wildman–Crippen LogP) is 5.88. The van der Waals surface area contributed by atoms with Crippen molar-refractivity contribution in [2.24, 2.45) is 0 Å². The van der Waals surface area contributed by atoms with E-state index >= 15 is 0 Å². The van der Waals surface area contributed by atoms with Crippen molar-refractivity contribution in [2.45, 2.75) is 6.92 Å². The third-order valence-corrected chi connectivity index (χ3v) is 4.13. The van der Waals surface area contributed by atoms with E-state index in [4.69, 9.17) is 4.98 Å². The Hall–Kier alpha value is -2.93. The second-order valence-corrected chi connectivity index (χ2v) is 5.84. The monoisotopic (exact) mass is 295 g/mol. The van der Waals surface area contributed by atoms with Gasteiger partial charge < -0.3 is 0 Å². The number of benzene rings is 3. The van der Waals surface area contributed by atoms with Gasteiger partial charge in [0.05, 0.1) is 11.2 Å². The molecule has 0 spiro atoms. The molecule has 0 bridgehead atoms. The third kappa shape index (κ3) is 2.74. The Labute approximate surface area is 136 Å². The summed E-state index contributed by atoms with van der Waals surface area (Å²) in [6, 6.07) is 29.6. The van der Waals surface area contributed by atoms with Gasteiger partial charge in [0, 0.05) is 10.9 Å². The lowest BCUT2D eigenvalue weighted by molar-refractivity contribution is 1.40. The van der Waals surface area contributed by atoms with E-state index < -0.39 is 0 Å². The van der Waals surface area contributed by atoms with Crippen LogP contribution in [0.25, 0.3) is 33.3 Å². The van der Waals surface area contributed by atoms with E-state index in [0.29, 0.717) is 0 Å². The van der Waals surface area contributed by atoms with Gasteiger partial charge in [-0.15, -0.1) is 0 Å². The molecule has 1 aromatic heterocycles. The number of hydrogen-bond donors (Lipinski definition) is 0. The Morgan fingerprint density at radius 2 is 1.39 bits per heavy atom. The van der Waals surface area contributed by atoms with E-state index in [1.54, 1.807) is 0 Å². The second kappa shape index (κ2) is 5.69.